The topological polar surface area (TPSA) is 110 Å². The molecule has 0 aliphatic carbocycles. The highest BCUT2D eigenvalue weighted by molar-refractivity contribution is 7.92. The number of hydrogen-bond acceptors (Lipinski definition) is 7. The van der Waals surface area contributed by atoms with Gasteiger partial charge in [-0.25, -0.2) is 27.1 Å². The van der Waals surface area contributed by atoms with Crippen molar-refractivity contribution in [2.24, 2.45) is 0 Å². The first kappa shape index (κ1) is 27.4. The lowest BCUT2D eigenvalue weighted by molar-refractivity contribution is -0.156. The highest BCUT2D eigenvalue weighted by Gasteiger charge is 2.23. The van der Waals surface area contributed by atoms with Gasteiger partial charge >= 0.3 is 5.97 Å². The molecule has 186 valence electrons. The Bertz CT molecular complexity index is 1160. The maximum Gasteiger partial charge on any atom is 0.309 e. The number of nitrogens with zero attached hydrogens (tertiary/aromatic N) is 3. The summed E-state index contributed by atoms with van der Waals surface area (Å²) >= 11 is 0. The fourth-order valence-corrected chi connectivity index (χ4v) is 3.40. The summed E-state index contributed by atoms with van der Waals surface area (Å²) in [6.45, 7) is 8.99. The Labute approximate surface area is 200 Å². The van der Waals surface area contributed by atoms with Crippen LogP contribution < -0.4 is 4.31 Å². The molecule has 34 heavy (non-hydrogen) atoms. The molecule has 10 heteroatoms. The highest BCUT2D eigenvalue weighted by Crippen LogP contribution is 2.31. The Morgan fingerprint density at radius 2 is 1.79 bits per heavy atom. The van der Waals surface area contributed by atoms with Gasteiger partial charge < -0.3 is 9.84 Å². The number of rotatable bonds is 8. The fraction of sp³-hybridized carbons (Fsp3) is 0.458. The molecule has 0 amide bonds. The molecule has 0 saturated heterocycles. The molecule has 1 N–H and O–H groups in total. The second kappa shape index (κ2) is 10.6. The van der Waals surface area contributed by atoms with E-state index in [1.165, 1.54) is 37.4 Å². The van der Waals surface area contributed by atoms with E-state index in [1.54, 1.807) is 26.8 Å². The van der Waals surface area contributed by atoms with Crippen molar-refractivity contribution in [2.45, 2.75) is 58.7 Å². The van der Waals surface area contributed by atoms with E-state index in [-0.39, 0.29) is 18.3 Å². The molecule has 0 radical (unpaired) electrons. The standard InChI is InChI=1S/C24H32FN3O5S/c1-15(2)21-19(13-12-18(29)14-20(30)33-24(3,4)5)22(16-8-10-17(25)11-9-16)27-23(26-21)28(6)34(7,31)32/h8-13,15,18,29H,14H2,1-7H3/b13-12+. The molecule has 0 aliphatic rings. The summed E-state index contributed by atoms with van der Waals surface area (Å²) in [5.41, 5.74) is 1.28. The third-order valence-electron chi connectivity index (χ3n) is 4.69. The van der Waals surface area contributed by atoms with Gasteiger partial charge in [0, 0.05) is 18.2 Å². The molecule has 1 atom stereocenters. The molecule has 0 bridgehead atoms. The molecular weight excluding hydrogens is 461 g/mol. The number of aliphatic hydroxyl groups is 1. The summed E-state index contributed by atoms with van der Waals surface area (Å²) < 4.78 is 44.0. The second-order valence-corrected chi connectivity index (χ2v) is 11.3. The number of anilines is 1. The third kappa shape index (κ3) is 7.59. The highest BCUT2D eigenvalue weighted by atomic mass is 32.2. The van der Waals surface area contributed by atoms with Gasteiger partial charge in [0.05, 0.1) is 30.2 Å². The number of halogens is 1. The summed E-state index contributed by atoms with van der Waals surface area (Å²) in [5, 5.41) is 10.4. The molecule has 0 aliphatic heterocycles. The average Bonchev–Trinajstić information content (AvgIpc) is 2.69. The predicted molar refractivity (Wildman–Crippen MR) is 130 cm³/mol. The number of aliphatic hydroxyl groups excluding tert-OH is 1. The van der Waals surface area contributed by atoms with Crippen molar-refractivity contribution >= 4 is 28.0 Å². The number of sulfonamides is 1. The van der Waals surface area contributed by atoms with Gasteiger partial charge in [-0.05, 0) is 51.0 Å². The minimum Gasteiger partial charge on any atom is -0.460 e. The number of benzene rings is 1. The van der Waals surface area contributed by atoms with Crippen LogP contribution in [0.3, 0.4) is 0 Å². The minimum absolute atomic E-state index is 0.0306. The van der Waals surface area contributed by atoms with Crippen LogP contribution in [0.2, 0.25) is 0 Å². The fourth-order valence-electron chi connectivity index (χ4n) is 3.03. The van der Waals surface area contributed by atoms with E-state index >= 15 is 0 Å². The van der Waals surface area contributed by atoms with Gasteiger partial charge in [0.1, 0.15) is 11.4 Å². The van der Waals surface area contributed by atoms with Crippen LogP contribution in [0.15, 0.2) is 30.3 Å². The van der Waals surface area contributed by atoms with Gasteiger partial charge in [0.15, 0.2) is 0 Å². The van der Waals surface area contributed by atoms with Crippen LogP contribution in [0.4, 0.5) is 10.3 Å². The largest absolute Gasteiger partial charge is 0.460 e. The van der Waals surface area contributed by atoms with Crippen LogP contribution in [0, 0.1) is 5.82 Å². The van der Waals surface area contributed by atoms with Crippen molar-refractivity contribution in [3.63, 3.8) is 0 Å². The minimum atomic E-state index is -3.63. The van der Waals surface area contributed by atoms with Crippen LogP contribution in [-0.2, 0) is 19.6 Å². The molecule has 0 saturated carbocycles. The van der Waals surface area contributed by atoms with Crippen molar-refractivity contribution in [1.29, 1.82) is 0 Å². The van der Waals surface area contributed by atoms with E-state index in [0.29, 0.717) is 22.5 Å². The Kier molecular flexibility index (Phi) is 8.54. The van der Waals surface area contributed by atoms with E-state index in [4.69, 9.17) is 4.74 Å². The Hall–Kier alpha value is -2.85. The molecule has 1 unspecified atom stereocenters. The molecule has 1 aromatic carbocycles. The van der Waals surface area contributed by atoms with E-state index in [2.05, 4.69) is 9.97 Å². The number of aromatic nitrogens is 2. The second-order valence-electron chi connectivity index (χ2n) is 9.28. The van der Waals surface area contributed by atoms with E-state index in [0.717, 1.165) is 10.6 Å². The van der Waals surface area contributed by atoms with Crippen molar-refractivity contribution < 1.29 is 27.4 Å². The van der Waals surface area contributed by atoms with Crippen LogP contribution in [0.5, 0.6) is 0 Å². The molecule has 1 aromatic heterocycles. The lowest BCUT2D eigenvalue weighted by Gasteiger charge is -2.21. The number of carbonyl (C=O) groups excluding carboxylic acids is 1. The monoisotopic (exact) mass is 493 g/mol. The van der Waals surface area contributed by atoms with Crippen molar-refractivity contribution in [3.05, 3.63) is 47.4 Å². The first-order valence-corrected chi connectivity index (χ1v) is 12.6. The van der Waals surface area contributed by atoms with Crippen LogP contribution >= 0.6 is 0 Å². The third-order valence-corrected chi connectivity index (χ3v) is 5.85. The normalized spacial score (nSPS) is 13.4. The van der Waals surface area contributed by atoms with Gasteiger partial charge in [-0.3, -0.25) is 4.79 Å². The maximum absolute atomic E-state index is 13.6. The predicted octanol–water partition coefficient (Wildman–Crippen LogP) is 3.91. The van der Waals surface area contributed by atoms with Crippen LogP contribution in [0.25, 0.3) is 17.3 Å². The van der Waals surface area contributed by atoms with Crippen LogP contribution in [0.1, 0.15) is 58.2 Å². The Morgan fingerprint density at radius 1 is 1.21 bits per heavy atom. The number of ether oxygens (including phenoxy) is 1. The summed E-state index contributed by atoms with van der Waals surface area (Å²) in [7, 11) is -2.28. The van der Waals surface area contributed by atoms with E-state index in [9.17, 15) is 22.7 Å². The molecular formula is C24H32FN3O5S. The smallest absolute Gasteiger partial charge is 0.309 e. The van der Waals surface area contributed by atoms with Gasteiger partial charge in [-0.1, -0.05) is 26.0 Å². The summed E-state index contributed by atoms with van der Waals surface area (Å²) in [5.74, 6) is -1.15. The van der Waals surface area contributed by atoms with Crippen molar-refractivity contribution in [1.82, 2.24) is 9.97 Å². The van der Waals surface area contributed by atoms with E-state index in [1.807, 2.05) is 13.8 Å². The Morgan fingerprint density at radius 3 is 2.29 bits per heavy atom. The van der Waals surface area contributed by atoms with Crippen LogP contribution in [-0.4, -0.2) is 54.5 Å². The molecule has 2 aromatic rings. The molecule has 0 fully saturated rings. The summed E-state index contributed by atoms with van der Waals surface area (Å²) in [6, 6.07) is 5.61. The zero-order valence-corrected chi connectivity index (χ0v) is 21.4. The van der Waals surface area contributed by atoms with Gasteiger partial charge in [-0.15, -0.1) is 0 Å². The average molecular weight is 494 g/mol. The van der Waals surface area contributed by atoms with Gasteiger partial charge in [-0.2, -0.15) is 0 Å². The molecule has 0 spiro atoms. The first-order valence-electron chi connectivity index (χ1n) is 10.8. The van der Waals surface area contributed by atoms with Crippen molar-refractivity contribution in [2.75, 3.05) is 17.6 Å². The SMILES string of the molecule is CC(C)c1nc(N(C)S(C)(=O)=O)nc(-c2ccc(F)cc2)c1/C=C/C(O)CC(=O)OC(C)(C)C. The number of esters is 1. The molecule has 8 nitrogen and oxygen atoms in total. The quantitative estimate of drug-likeness (QED) is 0.555. The van der Waals surface area contributed by atoms with Crippen molar-refractivity contribution in [3.8, 4) is 11.3 Å². The first-order chi connectivity index (χ1) is 15.6. The lowest BCUT2D eigenvalue weighted by atomic mass is 9.97. The molecule has 2 rings (SSSR count). The molecule has 1 heterocycles. The van der Waals surface area contributed by atoms with Gasteiger partial charge in [0.25, 0.3) is 0 Å². The number of carbonyl (C=O) groups is 1. The summed E-state index contributed by atoms with van der Waals surface area (Å²) in [6.07, 6.45) is 2.69. The zero-order chi connectivity index (χ0) is 25.8. The lowest BCUT2D eigenvalue weighted by Crippen LogP contribution is -2.27. The zero-order valence-electron chi connectivity index (χ0n) is 20.5. The number of hydrogen-bond donors (Lipinski definition) is 1. The van der Waals surface area contributed by atoms with Gasteiger partial charge in [0.2, 0.25) is 16.0 Å². The maximum atomic E-state index is 13.6. The summed E-state index contributed by atoms with van der Waals surface area (Å²) in [4.78, 5) is 21.0. The van der Waals surface area contributed by atoms with E-state index < -0.39 is 33.5 Å². The Balaban J connectivity index is 2.59.